The van der Waals surface area contributed by atoms with E-state index in [4.69, 9.17) is 4.74 Å². The summed E-state index contributed by atoms with van der Waals surface area (Å²) in [5.41, 5.74) is 3.57. The van der Waals surface area contributed by atoms with Crippen molar-refractivity contribution in [2.45, 2.75) is 38.1 Å². The van der Waals surface area contributed by atoms with Gasteiger partial charge in [0.25, 0.3) is 11.7 Å². The van der Waals surface area contributed by atoms with Crippen LogP contribution in [0.1, 0.15) is 47.6 Å². The maximum Gasteiger partial charge on any atom is 0.295 e. The van der Waals surface area contributed by atoms with Crippen molar-refractivity contribution in [3.8, 4) is 11.5 Å². The Bertz CT molecular complexity index is 1140. The number of aromatic hydroxyl groups is 1. The number of hydrogen-bond acceptors (Lipinski definition) is 6. The molecule has 1 amide bonds. The number of benzene rings is 2. The quantitative estimate of drug-likeness (QED) is 0.369. The van der Waals surface area contributed by atoms with Crippen LogP contribution in [0, 0.1) is 0 Å². The lowest BCUT2D eigenvalue weighted by molar-refractivity contribution is -0.139. The monoisotopic (exact) mass is 464 g/mol. The first-order valence-electron chi connectivity index (χ1n) is 11.7. The molecule has 2 aromatic carbocycles. The second kappa shape index (κ2) is 9.89. The highest BCUT2D eigenvalue weighted by atomic mass is 16.5. The molecule has 0 saturated carbocycles. The number of aliphatic hydroxyl groups excluding tert-OH is 1. The lowest BCUT2D eigenvalue weighted by atomic mass is 9.88. The number of ketones is 1. The minimum atomic E-state index is -0.796. The Hall–Kier alpha value is -3.32. The molecule has 0 bridgehead atoms. The topological polar surface area (TPSA) is 90.3 Å². The van der Waals surface area contributed by atoms with Gasteiger partial charge in [0.2, 0.25) is 0 Å². The van der Waals surface area contributed by atoms with E-state index < -0.39 is 17.7 Å². The second-order valence-electron chi connectivity index (χ2n) is 9.27. The van der Waals surface area contributed by atoms with Gasteiger partial charge < -0.3 is 24.7 Å². The Balaban J connectivity index is 1.80. The van der Waals surface area contributed by atoms with Crippen molar-refractivity contribution in [1.82, 2.24) is 9.80 Å². The second-order valence-corrected chi connectivity index (χ2v) is 9.27. The van der Waals surface area contributed by atoms with E-state index in [-0.39, 0.29) is 17.1 Å². The number of carbonyl (C=O) groups is 2. The molecule has 2 N–H and O–H groups in total. The van der Waals surface area contributed by atoms with Gasteiger partial charge in [-0.15, -0.1) is 0 Å². The Morgan fingerprint density at radius 1 is 1.09 bits per heavy atom. The van der Waals surface area contributed by atoms with Gasteiger partial charge in [-0.2, -0.15) is 0 Å². The van der Waals surface area contributed by atoms with Gasteiger partial charge in [-0.3, -0.25) is 9.59 Å². The van der Waals surface area contributed by atoms with Crippen molar-refractivity contribution < 1.29 is 24.5 Å². The zero-order valence-electron chi connectivity index (χ0n) is 20.0. The molecule has 180 valence electrons. The molecule has 34 heavy (non-hydrogen) atoms. The number of hydrogen-bond donors (Lipinski definition) is 2. The van der Waals surface area contributed by atoms with Crippen molar-refractivity contribution in [2.24, 2.45) is 0 Å². The molecular formula is C27H32N2O5. The number of fused-ring (bicyclic) bond motifs is 1. The van der Waals surface area contributed by atoms with E-state index in [1.165, 1.54) is 29.2 Å². The molecule has 4 rings (SSSR count). The molecule has 0 spiro atoms. The van der Waals surface area contributed by atoms with Crippen molar-refractivity contribution in [2.75, 3.05) is 34.3 Å². The van der Waals surface area contributed by atoms with Crippen molar-refractivity contribution in [3.05, 3.63) is 64.2 Å². The normalized spacial score (nSPS) is 19.5. The van der Waals surface area contributed by atoms with E-state index in [2.05, 4.69) is 0 Å². The Morgan fingerprint density at radius 2 is 1.82 bits per heavy atom. The number of ether oxygens (including phenoxy) is 1. The number of likely N-dealkylation sites (tertiary alicyclic amines) is 1. The number of phenolic OH excluding ortho intramolecular Hbond substituents is 1. The Labute approximate surface area is 200 Å². The zero-order valence-corrected chi connectivity index (χ0v) is 20.0. The number of aliphatic hydroxyl groups is 1. The average molecular weight is 465 g/mol. The molecule has 7 nitrogen and oxygen atoms in total. The van der Waals surface area contributed by atoms with Crippen molar-refractivity contribution >= 4 is 17.4 Å². The van der Waals surface area contributed by atoms with E-state index >= 15 is 0 Å². The van der Waals surface area contributed by atoms with E-state index in [0.29, 0.717) is 29.8 Å². The third-order valence-corrected chi connectivity index (χ3v) is 6.68. The first-order valence-corrected chi connectivity index (χ1v) is 11.7. The molecular weight excluding hydrogens is 432 g/mol. The Kier molecular flexibility index (Phi) is 6.93. The summed E-state index contributed by atoms with van der Waals surface area (Å²) >= 11 is 0. The molecule has 1 aliphatic heterocycles. The summed E-state index contributed by atoms with van der Waals surface area (Å²) in [7, 11) is 5.35. The van der Waals surface area contributed by atoms with Gasteiger partial charge in [-0.25, -0.2) is 0 Å². The first kappa shape index (κ1) is 23.8. The van der Waals surface area contributed by atoms with Gasteiger partial charge >= 0.3 is 0 Å². The molecule has 1 heterocycles. The van der Waals surface area contributed by atoms with Crippen molar-refractivity contribution in [1.29, 1.82) is 0 Å². The van der Waals surface area contributed by atoms with Crippen LogP contribution in [-0.2, 0) is 22.4 Å². The molecule has 2 aromatic rings. The third kappa shape index (κ3) is 4.53. The fourth-order valence-corrected chi connectivity index (χ4v) is 4.93. The van der Waals surface area contributed by atoms with E-state index in [1.807, 2.05) is 37.2 Å². The molecule has 2 aliphatic rings. The maximum atomic E-state index is 13.2. The molecule has 1 saturated heterocycles. The largest absolute Gasteiger partial charge is 0.507 e. The van der Waals surface area contributed by atoms with Crippen molar-refractivity contribution in [3.63, 3.8) is 0 Å². The molecule has 1 fully saturated rings. The van der Waals surface area contributed by atoms with Crippen LogP contribution in [0.3, 0.4) is 0 Å². The number of methoxy groups -OCH3 is 1. The smallest absolute Gasteiger partial charge is 0.295 e. The summed E-state index contributed by atoms with van der Waals surface area (Å²) in [4.78, 5) is 29.8. The lowest BCUT2D eigenvalue weighted by Crippen LogP contribution is -2.32. The molecule has 0 aromatic heterocycles. The minimum absolute atomic E-state index is 0.0511. The maximum absolute atomic E-state index is 13.2. The molecule has 7 heteroatoms. The number of phenols is 1. The first-order chi connectivity index (χ1) is 16.3. The number of nitrogens with zero attached hydrogens (tertiary/aromatic N) is 2. The van der Waals surface area contributed by atoms with Crippen LogP contribution in [-0.4, -0.2) is 66.0 Å². The van der Waals surface area contributed by atoms with E-state index in [0.717, 1.165) is 32.2 Å². The predicted octanol–water partition coefficient (Wildman–Crippen LogP) is 3.65. The number of carbonyl (C=O) groups excluding carboxylic acids is 2. The average Bonchev–Trinajstić information content (AvgIpc) is 3.08. The van der Waals surface area contributed by atoms with Gasteiger partial charge in [-0.05, 0) is 87.6 Å². The highest BCUT2D eigenvalue weighted by Gasteiger charge is 2.46. The summed E-state index contributed by atoms with van der Waals surface area (Å²) in [5, 5.41) is 21.7. The number of Topliss-reactive ketones (excluding diaryl/α,β-unsaturated/α-hetero) is 1. The van der Waals surface area contributed by atoms with E-state index in [1.54, 1.807) is 12.1 Å². The summed E-state index contributed by atoms with van der Waals surface area (Å²) in [6.45, 7) is 1.09. The highest BCUT2D eigenvalue weighted by Crippen LogP contribution is 2.42. The summed E-state index contributed by atoms with van der Waals surface area (Å²) in [5.74, 6) is -1.32. The number of rotatable bonds is 7. The minimum Gasteiger partial charge on any atom is -0.507 e. The van der Waals surface area contributed by atoms with Crippen LogP contribution in [0.4, 0.5) is 0 Å². The van der Waals surface area contributed by atoms with Gasteiger partial charge in [0.05, 0.1) is 18.7 Å². The van der Waals surface area contributed by atoms with Crippen LogP contribution in [0.15, 0.2) is 42.0 Å². The van der Waals surface area contributed by atoms with E-state index in [9.17, 15) is 19.8 Å². The fraction of sp³-hybridized carbons (Fsp3) is 0.407. The summed E-state index contributed by atoms with van der Waals surface area (Å²) in [6, 6.07) is 9.78. The van der Waals surface area contributed by atoms with Gasteiger partial charge in [0.15, 0.2) is 11.5 Å². The van der Waals surface area contributed by atoms with Crippen LogP contribution >= 0.6 is 0 Å². The molecule has 1 unspecified atom stereocenters. The third-order valence-electron chi connectivity index (χ3n) is 6.68. The molecule has 1 atom stereocenters. The zero-order chi connectivity index (χ0) is 24.4. The number of aryl methyl sites for hydroxylation is 2. The van der Waals surface area contributed by atoms with Crippen LogP contribution in [0.5, 0.6) is 11.5 Å². The van der Waals surface area contributed by atoms with Crippen LogP contribution in [0.25, 0.3) is 5.76 Å². The van der Waals surface area contributed by atoms with Gasteiger partial charge in [0, 0.05) is 12.1 Å². The van der Waals surface area contributed by atoms with Gasteiger partial charge in [0.1, 0.15) is 5.76 Å². The SMILES string of the molecule is COc1ccc(C2/C(=C(/O)c3ccc4c(c3)CCCC4)C(=O)C(=O)N2CCCN(C)C)cc1O. The lowest BCUT2D eigenvalue weighted by Gasteiger charge is -2.26. The number of amides is 1. The molecule has 1 aliphatic carbocycles. The fourth-order valence-electron chi connectivity index (χ4n) is 4.93. The molecule has 0 radical (unpaired) electrons. The summed E-state index contributed by atoms with van der Waals surface area (Å²) in [6.07, 6.45) is 4.86. The Morgan fingerprint density at radius 3 is 2.50 bits per heavy atom. The van der Waals surface area contributed by atoms with Crippen LogP contribution < -0.4 is 4.74 Å². The highest BCUT2D eigenvalue weighted by molar-refractivity contribution is 6.46. The van der Waals surface area contributed by atoms with Gasteiger partial charge in [-0.1, -0.05) is 18.2 Å². The predicted molar refractivity (Wildman–Crippen MR) is 130 cm³/mol. The van der Waals surface area contributed by atoms with Crippen LogP contribution in [0.2, 0.25) is 0 Å². The summed E-state index contributed by atoms with van der Waals surface area (Å²) < 4.78 is 5.15. The standard InChI is InChI=1S/C27H32N2O5/c1-28(2)13-6-14-29-24(19-11-12-22(34-3)21(30)16-19)23(26(32)27(29)33)25(31)20-10-9-17-7-4-5-8-18(17)15-20/h9-12,15-16,24,30-31H,4-8,13-14H2,1-3H3/b25-23-.